The second-order valence-corrected chi connectivity index (χ2v) is 2.70. The fourth-order valence-corrected chi connectivity index (χ4v) is 0.612. The first kappa shape index (κ1) is 11.5. The molecule has 0 saturated carbocycles. The van der Waals surface area contributed by atoms with Gasteiger partial charge in [0.05, 0.1) is 13.2 Å². The van der Waals surface area contributed by atoms with Crippen LogP contribution in [0.15, 0.2) is 12.2 Å². The molecule has 3 nitrogen and oxygen atoms in total. The number of rotatable bonds is 6. The maximum Gasteiger partial charge on any atom is 0.333 e. The molecule has 0 spiro atoms. The summed E-state index contributed by atoms with van der Waals surface area (Å²) in [6.07, 6.45) is 0. The second-order valence-electron chi connectivity index (χ2n) is 2.25. The van der Waals surface area contributed by atoms with Crippen molar-refractivity contribution in [1.29, 1.82) is 0 Å². The Labute approximate surface area is 78.1 Å². The monoisotopic (exact) mass is 190 g/mol. The summed E-state index contributed by atoms with van der Waals surface area (Å²) in [4.78, 5) is 10.8. The predicted octanol–water partition coefficient (Wildman–Crippen LogP) is 1.05. The summed E-state index contributed by atoms with van der Waals surface area (Å²) in [7, 11) is 0. The molecule has 0 aliphatic heterocycles. The molecule has 12 heavy (non-hydrogen) atoms. The van der Waals surface area contributed by atoms with E-state index in [2.05, 4.69) is 19.2 Å². The molecule has 70 valence electrons. The number of carbonyl (C=O) groups excluding carboxylic acids is 1. The number of ether oxygens (including phenoxy) is 2. The molecule has 0 aliphatic carbocycles. The molecule has 0 rings (SSSR count). The van der Waals surface area contributed by atoms with Gasteiger partial charge >= 0.3 is 5.97 Å². The van der Waals surface area contributed by atoms with Gasteiger partial charge in [-0.2, -0.15) is 12.6 Å². The van der Waals surface area contributed by atoms with Crippen molar-refractivity contribution >= 4 is 18.6 Å². The average molecular weight is 190 g/mol. The molecule has 0 aromatic rings. The molecule has 0 aliphatic rings. The third kappa shape index (κ3) is 6.24. The highest BCUT2D eigenvalue weighted by molar-refractivity contribution is 7.80. The second kappa shape index (κ2) is 7.18. The lowest BCUT2D eigenvalue weighted by Gasteiger charge is -2.03. The molecule has 4 heteroatoms. The van der Waals surface area contributed by atoms with E-state index in [-0.39, 0.29) is 12.6 Å². The zero-order valence-electron chi connectivity index (χ0n) is 7.21. The number of hydrogen-bond acceptors (Lipinski definition) is 4. The van der Waals surface area contributed by atoms with Crippen LogP contribution in [0.25, 0.3) is 0 Å². The van der Waals surface area contributed by atoms with Crippen molar-refractivity contribution < 1.29 is 14.3 Å². The van der Waals surface area contributed by atoms with Gasteiger partial charge in [-0.15, -0.1) is 0 Å². The Morgan fingerprint density at radius 1 is 1.42 bits per heavy atom. The minimum Gasteiger partial charge on any atom is -0.460 e. The Bertz CT molecular complexity index is 156. The first-order chi connectivity index (χ1) is 5.68. The predicted molar refractivity (Wildman–Crippen MR) is 50.4 cm³/mol. The van der Waals surface area contributed by atoms with E-state index in [1.165, 1.54) is 0 Å². The molecule has 0 aromatic heterocycles. The lowest BCUT2D eigenvalue weighted by molar-refractivity contribution is -0.140. The molecule has 0 saturated heterocycles. The van der Waals surface area contributed by atoms with E-state index in [1.54, 1.807) is 6.92 Å². The van der Waals surface area contributed by atoms with E-state index in [9.17, 15) is 4.79 Å². The average Bonchev–Trinajstić information content (AvgIpc) is 2.03. The van der Waals surface area contributed by atoms with Gasteiger partial charge in [0, 0.05) is 11.3 Å². The van der Waals surface area contributed by atoms with Gasteiger partial charge in [-0.1, -0.05) is 6.58 Å². The van der Waals surface area contributed by atoms with Crippen LogP contribution in [0.1, 0.15) is 6.92 Å². The maximum absolute atomic E-state index is 10.8. The zero-order valence-corrected chi connectivity index (χ0v) is 8.10. The van der Waals surface area contributed by atoms with Crippen LogP contribution >= 0.6 is 12.6 Å². The molecule has 0 bridgehead atoms. The van der Waals surface area contributed by atoms with Gasteiger partial charge < -0.3 is 9.47 Å². The third-order valence-corrected chi connectivity index (χ3v) is 1.23. The van der Waals surface area contributed by atoms with Crippen molar-refractivity contribution in [1.82, 2.24) is 0 Å². The Morgan fingerprint density at radius 2 is 2.08 bits per heavy atom. The van der Waals surface area contributed by atoms with Crippen LogP contribution in [-0.2, 0) is 14.3 Å². The fraction of sp³-hybridized carbons (Fsp3) is 0.625. The molecule has 0 amide bonds. The molecule has 0 fully saturated rings. The van der Waals surface area contributed by atoms with E-state index in [1.807, 2.05) is 0 Å². The summed E-state index contributed by atoms with van der Waals surface area (Å²) in [5, 5.41) is 0. The van der Waals surface area contributed by atoms with Gasteiger partial charge in [-0.25, -0.2) is 4.79 Å². The van der Waals surface area contributed by atoms with E-state index >= 15 is 0 Å². The Hall–Kier alpha value is -0.480. The van der Waals surface area contributed by atoms with E-state index in [0.717, 1.165) is 0 Å². The van der Waals surface area contributed by atoms with Crippen molar-refractivity contribution in [2.45, 2.75) is 6.92 Å². The molecule has 0 unspecified atom stereocenters. The van der Waals surface area contributed by atoms with Crippen molar-refractivity contribution in [2.24, 2.45) is 0 Å². The molecule has 0 aromatic carbocycles. The van der Waals surface area contributed by atoms with Gasteiger partial charge in [-0.05, 0) is 6.92 Å². The summed E-state index contributed by atoms with van der Waals surface area (Å²) >= 11 is 3.95. The Balaban J connectivity index is 3.20. The molecule has 0 heterocycles. The smallest absolute Gasteiger partial charge is 0.333 e. The normalized spacial score (nSPS) is 9.50. The molecule has 0 N–H and O–H groups in total. The van der Waals surface area contributed by atoms with Crippen LogP contribution in [0, 0.1) is 0 Å². The highest BCUT2D eigenvalue weighted by Gasteiger charge is 2.01. The van der Waals surface area contributed by atoms with Gasteiger partial charge in [0.1, 0.15) is 6.61 Å². The SMILES string of the molecule is C=C(C)C(=O)OCCOCCS. The standard InChI is InChI=1S/C8H14O3S/c1-7(2)8(9)11-4-3-10-5-6-12/h12H,1,3-6H2,2H3. The van der Waals surface area contributed by atoms with Crippen molar-refractivity contribution in [3.8, 4) is 0 Å². The Kier molecular flexibility index (Phi) is 6.90. The van der Waals surface area contributed by atoms with Gasteiger partial charge in [0.2, 0.25) is 0 Å². The van der Waals surface area contributed by atoms with Crippen LogP contribution in [0.5, 0.6) is 0 Å². The molecular formula is C8H14O3S. The topological polar surface area (TPSA) is 35.5 Å². The van der Waals surface area contributed by atoms with Crippen molar-refractivity contribution in [3.05, 3.63) is 12.2 Å². The third-order valence-electron chi connectivity index (χ3n) is 1.04. The molecular weight excluding hydrogens is 176 g/mol. The minimum atomic E-state index is -0.371. The number of thiol groups is 1. The largest absolute Gasteiger partial charge is 0.460 e. The summed E-state index contributed by atoms with van der Waals surface area (Å²) in [5.41, 5.74) is 0.407. The van der Waals surface area contributed by atoms with Crippen LogP contribution in [0.2, 0.25) is 0 Å². The molecule has 0 radical (unpaired) electrons. The quantitative estimate of drug-likeness (QED) is 0.294. The summed E-state index contributed by atoms with van der Waals surface area (Å²) in [6, 6.07) is 0. The lowest BCUT2D eigenvalue weighted by Crippen LogP contribution is -2.11. The number of esters is 1. The van der Waals surface area contributed by atoms with E-state index < -0.39 is 0 Å². The highest BCUT2D eigenvalue weighted by atomic mass is 32.1. The Morgan fingerprint density at radius 3 is 2.58 bits per heavy atom. The zero-order chi connectivity index (χ0) is 9.40. The van der Waals surface area contributed by atoms with Crippen LogP contribution < -0.4 is 0 Å². The van der Waals surface area contributed by atoms with Crippen LogP contribution in [0.3, 0.4) is 0 Å². The van der Waals surface area contributed by atoms with Crippen molar-refractivity contribution in [2.75, 3.05) is 25.6 Å². The summed E-state index contributed by atoms with van der Waals surface area (Å²) in [6.45, 7) is 6.32. The first-order valence-corrected chi connectivity index (χ1v) is 4.33. The van der Waals surface area contributed by atoms with E-state index in [0.29, 0.717) is 24.5 Å². The molecule has 0 atom stereocenters. The van der Waals surface area contributed by atoms with Gasteiger partial charge in [0.15, 0.2) is 0 Å². The maximum atomic E-state index is 10.8. The fourth-order valence-electron chi connectivity index (χ4n) is 0.483. The van der Waals surface area contributed by atoms with E-state index in [4.69, 9.17) is 9.47 Å². The highest BCUT2D eigenvalue weighted by Crippen LogP contribution is 1.91. The van der Waals surface area contributed by atoms with Crippen LogP contribution in [0.4, 0.5) is 0 Å². The first-order valence-electron chi connectivity index (χ1n) is 3.69. The lowest BCUT2D eigenvalue weighted by atomic mass is 10.4. The number of hydrogen-bond donors (Lipinski definition) is 1. The van der Waals surface area contributed by atoms with Crippen LogP contribution in [-0.4, -0.2) is 31.5 Å². The minimum absolute atomic E-state index is 0.277. The van der Waals surface area contributed by atoms with Gasteiger partial charge in [0.25, 0.3) is 0 Å². The summed E-state index contributed by atoms with van der Waals surface area (Å²) in [5.74, 6) is 0.304. The van der Waals surface area contributed by atoms with Crippen molar-refractivity contribution in [3.63, 3.8) is 0 Å². The number of carbonyl (C=O) groups is 1. The summed E-state index contributed by atoms with van der Waals surface area (Å²) < 4.78 is 9.79. The van der Waals surface area contributed by atoms with Gasteiger partial charge in [-0.3, -0.25) is 0 Å².